The van der Waals surface area contributed by atoms with Gasteiger partial charge in [-0.1, -0.05) is 97.0 Å². The maximum Gasteiger partial charge on any atom is 1.00 e. The second-order valence-corrected chi connectivity index (χ2v) is 9.71. The van der Waals surface area contributed by atoms with Gasteiger partial charge in [0.15, 0.2) is 0 Å². The number of phenolic OH excluding ortho intramolecular Hbond substituents is 1. The molecule has 1 aromatic rings. The molecule has 4 nitrogen and oxygen atoms in total. The van der Waals surface area contributed by atoms with E-state index in [2.05, 4.69) is 13.8 Å². The molecule has 0 saturated heterocycles. The van der Waals surface area contributed by atoms with Crippen molar-refractivity contribution in [2.45, 2.75) is 121 Å². The van der Waals surface area contributed by atoms with E-state index in [4.69, 9.17) is 0 Å². The molecular weight excluding hydrogens is 423 g/mol. The minimum absolute atomic E-state index is 0. The van der Waals surface area contributed by atoms with Crippen LogP contribution in [0, 0.1) is 0 Å². The summed E-state index contributed by atoms with van der Waals surface area (Å²) in [5.41, 5.74) is 1.53. The fraction of sp³-hybridized carbons (Fsp3) is 0.750. The van der Waals surface area contributed by atoms with E-state index in [-0.39, 0.29) is 63.5 Å². The third kappa shape index (κ3) is 13.2. The molecule has 0 unspecified atom stereocenters. The molecule has 0 atom stereocenters. The van der Waals surface area contributed by atoms with Crippen molar-refractivity contribution in [2.24, 2.45) is 0 Å². The van der Waals surface area contributed by atoms with E-state index < -0.39 is 10.1 Å². The van der Waals surface area contributed by atoms with Crippen LogP contribution >= 0.6 is 0 Å². The summed E-state index contributed by atoms with van der Waals surface area (Å²) in [6.07, 6.45) is 18.0. The Labute approximate surface area is 229 Å². The SMILES string of the molecule is CCCCCCCCCCc1cc(CCCCCCCC)c(O)c(S(=O)(=O)O)c1.[H-].[K+]. The van der Waals surface area contributed by atoms with Gasteiger partial charge in [0.2, 0.25) is 0 Å². The van der Waals surface area contributed by atoms with Gasteiger partial charge in [-0.25, -0.2) is 0 Å². The average molecular weight is 467 g/mol. The topological polar surface area (TPSA) is 74.6 Å². The Hall–Kier alpha value is 0.566. The van der Waals surface area contributed by atoms with Gasteiger partial charge < -0.3 is 6.53 Å². The normalized spacial score (nSPS) is 11.4. The van der Waals surface area contributed by atoms with Crippen molar-refractivity contribution in [1.29, 1.82) is 0 Å². The molecule has 0 amide bonds. The molecule has 2 N–H and O–H groups in total. The van der Waals surface area contributed by atoms with Crippen LogP contribution < -0.4 is 51.4 Å². The average Bonchev–Trinajstić information content (AvgIpc) is 2.67. The molecule has 0 aliphatic carbocycles. The summed E-state index contributed by atoms with van der Waals surface area (Å²) >= 11 is 0. The van der Waals surface area contributed by atoms with Crippen molar-refractivity contribution >= 4 is 10.1 Å². The van der Waals surface area contributed by atoms with Crippen LogP contribution in [-0.2, 0) is 23.0 Å². The minimum atomic E-state index is -4.42. The molecule has 0 aromatic heterocycles. The number of hydrogen-bond acceptors (Lipinski definition) is 3. The molecule has 1 rings (SSSR count). The summed E-state index contributed by atoms with van der Waals surface area (Å²) in [7, 11) is -4.42. The van der Waals surface area contributed by atoms with Crippen LogP contribution in [-0.4, -0.2) is 18.1 Å². The first-order chi connectivity index (χ1) is 13.9. The molecule has 0 bridgehead atoms. The number of hydrogen-bond donors (Lipinski definition) is 2. The molecule has 0 heterocycles. The Bertz CT molecular complexity index is 680. The number of aryl methyl sites for hydroxylation is 2. The molecule has 6 heteroatoms. The van der Waals surface area contributed by atoms with Crippen molar-refractivity contribution in [3.05, 3.63) is 23.3 Å². The van der Waals surface area contributed by atoms with Crippen LogP contribution in [0.2, 0.25) is 0 Å². The summed E-state index contributed by atoms with van der Waals surface area (Å²) in [6, 6.07) is 3.37. The summed E-state index contributed by atoms with van der Waals surface area (Å²) in [4.78, 5) is -0.337. The first-order valence-corrected chi connectivity index (χ1v) is 13.2. The van der Waals surface area contributed by atoms with E-state index in [1.807, 2.05) is 6.07 Å². The van der Waals surface area contributed by atoms with E-state index >= 15 is 0 Å². The van der Waals surface area contributed by atoms with Crippen molar-refractivity contribution in [3.8, 4) is 5.75 Å². The molecule has 0 saturated carbocycles. The predicted molar refractivity (Wildman–Crippen MR) is 122 cm³/mol. The summed E-state index contributed by atoms with van der Waals surface area (Å²) in [5, 5.41) is 10.4. The van der Waals surface area contributed by atoms with Gasteiger partial charge >= 0.3 is 51.4 Å². The first-order valence-electron chi connectivity index (χ1n) is 11.7. The van der Waals surface area contributed by atoms with Crippen molar-refractivity contribution in [2.75, 3.05) is 0 Å². The van der Waals surface area contributed by atoms with Gasteiger partial charge in [-0.15, -0.1) is 0 Å². The molecule has 0 aliphatic heterocycles. The van der Waals surface area contributed by atoms with Crippen molar-refractivity contribution in [1.82, 2.24) is 0 Å². The molecule has 30 heavy (non-hydrogen) atoms. The van der Waals surface area contributed by atoms with Crippen LogP contribution in [0.5, 0.6) is 5.75 Å². The van der Waals surface area contributed by atoms with Crippen LogP contribution in [0.3, 0.4) is 0 Å². The molecule has 0 radical (unpaired) electrons. The third-order valence-electron chi connectivity index (χ3n) is 5.61. The van der Waals surface area contributed by atoms with Crippen LogP contribution in [0.15, 0.2) is 17.0 Å². The molecular formula is C24H43KO4S. The Morgan fingerprint density at radius 2 is 1.17 bits per heavy atom. The van der Waals surface area contributed by atoms with Crippen molar-refractivity contribution < 1.29 is 70.9 Å². The molecule has 0 spiro atoms. The number of aromatic hydroxyl groups is 1. The largest absolute Gasteiger partial charge is 1.00 e. The first kappa shape index (κ1) is 30.6. The number of unbranched alkanes of at least 4 members (excludes halogenated alkanes) is 12. The monoisotopic (exact) mass is 466 g/mol. The van der Waals surface area contributed by atoms with Gasteiger partial charge in [0.05, 0.1) is 0 Å². The van der Waals surface area contributed by atoms with Crippen LogP contribution in [0.1, 0.15) is 116 Å². The number of rotatable bonds is 17. The van der Waals surface area contributed by atoms with E-state index in [0.29, 0.717) is 12.0 Å². The van der Waals surface area contributed by atoms with E-state index in [0.717, 1.165) is 44.1 Å². The van der Waals surface area contributed by atoms with Crippen LogP contribution in [0.25, 0.3) is 0 Å². The third-order valence-corrected chi connectivity index (χ3v) is 6.48. The Balaban J connectivity index is 0. The van der Waals surface area contributed by atoms with Gasteiger partial charge in [0.25, 0.3) is 10.1 Å². The quantitative estimate of drug-likeness (QED) is 0.203. The maximum atomic E-state index is 11.7. The zero-order valence-corrected chi connectivity index (χ0v) is 23.5. The van der Waals surface area contributed by atoms with Gasteiger partial charge in [-0.2, -0.15) is 8.42 Å². The minimum Gasteiger partial charge on any atom is -1.00 e. The van der Waals surface area contributed by atoms with Gasteiger partial charge in [0, 0.05) is 0 Å². The second-order valence-electron chi connectivity index (χ2n) is 8.32. The van der Waals surface area contributed by atoms with Crippen LogP contribution in [0.4, 0.5) is 0 Å². The molecule has 0 fully saturated rings. The van der Waals surface area contributed by atoms with E-state index in [1.165, 1.54) is 63.9 Å². The second kappa shape index (κ2) is 18.0. The van der Waals surface area contributed by atoms with E-state index in [9.17, 15) is 18.1 Å². The fourth-order valence-electron chi connectivity index (χ4n) is 3.82. The Morgan fingerprint density at radius 1 is 0.733 bits per heavy atom. The predicted octanol–water partition coefficient (Wildman–Crippen LogP) is 4.34. The smallest absolute Gasteiger partial charge is 1.00 e. The summed E-state index contributed by atoms with van der Waals surface area (Å²) in [5.74, 6) is -0.277. The number of benzene rings is 1. The fourth-order valence-corrected chi connectivity index (χ4v) is 4.49. The number of phenols is 1. The maximum absolute atomic E-state index is 11.7. The summed E-state index contributed by atoms with van der Waals surface area (Å²) < 4.78 is 32.9. The van der Waals surface area contributed by atoms with Gasteiger partial charge in [-0.05, 0) is 42.9 Å². The molecule has 0 aliphatic rings. The van der Waals surface area contributed by atoms with Gasteiger partial charge in [0.1, 0.15) is 10.6 Å². The zero-order chi connectivity index (χ0) is 21.5. The zero-order valence-electron chi connectivity index (χ0n) is 20.6. The Morgan fingerprint density at radius 3 is 1.63 bits per heavy atom. The summed E-state index contributed by atoms with van der Waals surface area (Å²) in [6.45, 7) is 4.41. The van der Waals surface area contributed by atoms with E-state index in [1.54, 1.807) is 0 Å². The van der Waals surface area contributed by atoms with Gasteiger partial charge in [-0.3, -0.25) is 4.55 Å². The van der Waals surface area contributed by atoms with Crippen molar-refractivity contribution in [3.63, 3.8) is 0 Å². The standard InChI is InChI=1S/C24H42O4S.K.H/c1-3-5-7-9-11-12-13-15-17-21-19-22(18-16-14-10-8-6-4-2)24(25)23(20-21)29(26,27)28;;/h19-20,25H,3-18H2,1-2H3,(H,26,27,28);;/q;+1;-1. The molecule has 170 valence electrons. The Kier molecular flexibility index (Phi) is 18.4. The molecule has 1 aromatic carbocycles.